The van der Waals surface area contributed by atoms with E-state index in [-0.39, 0.29) is 16.1 Å². The van der Waals surface area contributed by atoms with Crippen LogP contribution in [0.3, 0.4) is 0 Å². The zero-order valence-corrected chi connectivity index (χ0v) is 11.9. The van der Waals surface area contributed by atoms with E-state index < -0.39 is 0 Å². The molecular formula is C15H18NOS+. The van der Waals surface area contributed by atoms with Gasteiger partial charge >= 0.3 is 0 Å². The van der Waals surface area contributed by atoms with Gasteiger partial charge in [-0.1, -0.05) is 17.7 Å². The van der Waals surface area contributed by atoms with Crippen LogP contribution in [0.2, 0.25) is 0 Å². The van der Waals surface area contributed by atoms with Crippen LogP contribution in [0.1, 0.15) is 20.3 Å². The van der Waals surface area contributed by atoms with Crippen molar-refractivity contribution < 1.29 is 4.79 Å². The number of rotatable bonds is 0. The summed E-state index contributed by atoms with van der Waals surface area (Å²) in [6.07, 6.45) is 0.937. The molecule has 0 spiro atoms. The van der Waals surface area contributed by atoms with Gasteiger partial charge in [-0.25, -0.2) is 0 Å². The molecule has 18 heavy (non-hydrogen) atoms. The van der Waals surface area contributed by atoms with Crippen LogP contribution in [0.4, 0.5) is 5.69 Å². The number of carbonyl (C=O) groups excluding carboxylic acids is 1. The molecule has 0 radical (unpaired) electrons. The van der Waals surface area contributed by atoms with Gasteiger partial charge in [0.1, 0.15) is 5.75 Å². The average molecular weight is 260 g/mol. The molecule has 0 aliphatic carbocycles. The Morgan fingerprint density at radius 1 is 1.22 bits per heavy atom. The minimum Gasteiger partial charge on any atom is -0.307 e. The summed E-state index contributed by atoms with van der Waals surface area (Å²) in [4.78, 5) is 15.7. The molecule has 0 saturated carbocycles. The first-order chi connectivity index (χ1) is 8.59. The number of carbonyl (C=O) groups is 1. The smallest absolute Gasteiger partial charge is 0.280 e. The summed E-state index contributed by atoms with van der Waals surface area (Å²) >= 11 is 0. The molecule has 2 aliphatic heterocycles. The van der Waals surface area contributed by atoms with E-state index in [0.717, 1.165) is 17.9 Å². The Kier molecular flexibility index (Phi) is 2.74. The van der Waals surface area contributed by atoms with Gasteiger partial charge in [-0.15, -0.1) is 0 Å². The molecule has 1 aromatic rings. The number of hydrogen-bond acceptors (Lipinski definition) is 1. The van der Waals surface area contributed by atoms with E-state index in [2.05, 4.69) is 32.0 Å². The second-order valence-electron chi connectivity index (χ2n) is 5.19. The number of para-hydroxylation sites is 1. The van der Waals surface area contributed by atoms with Gasteiger partial charge in [0.15, 0.2) is 4.90 Å². The first-order valence-corrected chi connectivity index (χ1v) is 7.77. The number of nitrogens with zero attached hydrogens (tertiary/aromatic N) is 1. The van der Waals surface area contributed by atoms with Crippen molar-refractivity contribution >= 4 is 22.5 Å². The monoisotopic (exact) mass is 260 g/mol. The lowest BCUT2D eigenvalue weighted by molar-refractivity contribution is -0.118. The van der Waals surface area contributed by atoms with E-state index in [9.17, 15) is 4.79 Å². The highest BCUT2D eigenvalue weighted by atomic mass is 32.2. The van der Waals surface area contributed by atoms with E-state index in [1.807, 2.05) is 18.0 Å². The third-order valence-corrected chi connectivity index (χ3v) is 6.76. The maximum Gasteiger partial charge on any atom is 0.280 e. The summed E-state index contributed by atoms with van der Waals surface area (Å²) in [5.74, 6) is 1.36. The van der Waals surface area contributed by atoms with Crippen LogP contribution in [-0.4, -0.2) is 24.0 Å². The van der Waals surface area contributed by atoms with E-state index in [4.69, 9.17) is 0 Å². The van der Waals surface area contributed by atoms with Gasteiger partial charge in [0, 0.05) is 24.4 Å². The Morgan fingerprint density at radius 2 is 1.94 bits per heavy atom. The summed E-state index contributed by atoms with van der Waals surface area (Å²) in [5, 5.41) is 0.175. The maximum absolute atomic E-state index is 12.5. The van der Waals surface area contributed by atoms with Crippen molar-refractivity contribution in [2.45, 2.75) is 30.4 Å². The van der Waals surface area contributed by atoms with Gasteiger partial charge in [0.2, 0.25) is 5.25 Å². The number of benzene rings is 1. The number of anilines is 1. The molecule has 3 rings (SSSR count). The number of amides is 1. The molecule has 3 heteroatoms. The van der Waals surface area contributed by atoms with Crippen LogP contribution in [0.5, 0.6) is 0 Å². The molecule has 2 atom stereocenters. The van der Waals surface area contributed by atoms with E-state index in [0.29, 0.717) is 5.91 Å². The fraction of sp³-hybridized carbons (Fsp3) is 0.400. The molecule has 2 unspecified atom stereocenters. The fourth-order valence-corrected chi connectivity index (χ4v) is 5.70. The summed E-state index contributed by atoms with van der Waals surface area (Å²) in [6.45, 7) is 4.38. The standard InChI is InChI=1S/C15H18NOS/c1-10-8-14-15(17)16(3)12-6-4-5-7-13(12)18(14)9-11(10)2/h4-7,14H,8-9H2,1-3H3/q+1. The molecule has 1 amide bonds. The van der Waals surface area contributed by atoms with E-state index in [1.54, 1.807) is 0 Å². The van der Waals surface area contributed by atoms with Crippen LogP contribution < -0.4 is 4.90 Å². The third-order valence-electron chi connectivity index (χ3n) is 4.05. The lowest BCUT2D eigenvalue weighted by atomic mass is 10.1. The van der Waals surface area contributed by atoms with Crippen molar-refractivity contribution in [3.8, 4) is 0 Å². The van der Waals surface area contributed by atoms with Gasteiger partial charge in [-0.05, 0) is 31.6 Å². The molecule has 0 fully saturated rings. The minimum atomic E-state index is 0.0718. The predicted molar refractivity (Wildman–Crippen MR) is 77.1 cm³/mol. The second kappa shape index (κ2) is 4.16. The Hall–Kier alpha value is -1.22. The Labute approximate surface area is 111 Å². The molecule has 0 aromatic heterocycles. The molecule has 0 saturated heterocycles. The first-order valence-electron chi connectivity index (χ1n) is 6.31. The number of hydrogen-bond donors (Lipinski definition) is 0. The summed E-state index contributed by atoms with van der Waals surface area (Å²) in [7, 11) is 1.98. The van der Waals surface area contributed by atoms with Crippen LogP contribution in [0.15, 0.2) is 40.3 Å². The SMILES string of the molecule is CC1=C(C)C[S+]2c3ccccc3N(C)C(=O)C2C1. The molecule has 94 valence electrons. The largest absolute Gasteiger partial charge is 0.307 e. The molecular weight excluding hydrogens is 242 g/mol. The second-order valence-corrected chi connectivity index (χ2v) is 7.35. The van der Waals surface area contributed by atoms with Gasteiger partial charge in [-0.3, -0.25) is 4.79 Å². The summed E-state index contributed by atoms with van der Waals surface area (Å²) < 4.78 is 0. The van der Waals surface area contributed by atoms with Crippen molar-refractivity contribution in [1.29, 1.82) is 0 Å². The van der Waals surface area contributed by atoms with Crippen molar-refractivity contribution in [3.63, 3.8) is 0 Å². The normalized spacial score (nSPS) is 27.1. The topological polar surface area (TPSA) is 20.3 Å². The highest BCUT2D eigenvalue weighted by Crippen LogP contribution is 2.40. The highest BCUT2D eigenvalue weighted by Gasteiger charge is 2.49. The Balaban J connectivity index is 2.13. The quantitative estimate of drug-likeness (QED) is 0.519. The maximum atomic E-state index is 12.5. The summed E-state index contributed by atoms with van der Waals surface area (Å²) in [5.41, 5.74) is 3.99. The van der Waals surface area contributed by atoms with Gasteiger partial charge in [0.05, 0.1) is 5.69 Å². The van der Waals surface area contributed by atoms with Crippen molar-refractivity contribution in [2.75, 3.05) is 17.7 Å². The molecule has 2 heterocycles. The number of allylic oxidation sites excluding steroid dienone is 1. The first kappa shape index (κ1) is 11.8. The lowest BCUT2D eigenvalue weighted by Gasteiger charge is -2.33. The van der Waals surface area contributed by atoms with Crippen LogP contribution in [0.25, 0.3) is 0 Å². The Bertz CT molecular complexity index is 549. The minimum absolute atomic E-state index is 0.0718. The lowest BCUT2D eigenvalue weighted by Crippen LogP contribution is -2.48. The zero-order valence-electron chi connectivity index (χ0n) is 11.1. The fourth-order valence-electron chi connectivity index (χ4n) is 2.74. The van der Waals surface area contributed by atoms with Gasteiger partial charge in [0.25, 0.3) is 5.91 Å². The van der Waals surface area contributed by atoms with E-state index >= 15 is 0 Å². The Morgan fingerprint density at radius 3 is 2.72 bits per heavy atom. The average Bonchev–Trinajstić information content (AvgIpc) is 2.38. The van der Waals surface area contributed by atoms with Crippen molar-refractivity contribution in [3.05, 3.63) is 35.4 Å². The van der Waals surface area contributed by atoms with Crippen LogP contribution in [0, 0.1) is 0 Å². The molecule has 0 N–H and O–H groups in total. The van der Waals surface area contributed by atoms with Crippen molar-refractivity contribution in [2.24, 2.45) is 0 Å². The van der Waals surface area contributed by atoms with Gasteiger partial charge in [-0.2, -0.15) is 0 Å². The predicted octanol–water partition coefficient (Wildman–Crippen LogP) is 2.75. The summed E-state index contributed by atoms with van der Waals surface area (Å²) in [6, 6.07) is 8.37. The molecule has 0 bridgehead atoms. The molecule has 2 aliphatic rings. The molecule has 1 aromatic carbocycles. The number of fused-ring (bicyclic) bond motifs is 3. The van der Waals surface area contributed by atoms with E-state index in [1.165, 1.54) is 16.0 Å². The highest BCUT2D eigenvalue weighted by molar-refractivity contribution is 7.98. The zero-order chi connectivity index (χ0) is 12.9. The van der Waals surface area contributed by atoms with Crippen LogP contribution >= 0.6 is 0 Å². The molecule has 2 nitrogen and oxygen atoms in total. The van der Waals surface area contributed by atoms with Gasteiger partial charge < -0.3 is 4.90 Å². The van der Waals surface area contributed by atoms with Crippen LogP contribution in [-0.2, 0) is 15.7 Å². The third kappa shape index (κ3) is 1.61. The van der Waals surface area contributed by atoms with Crippen molar-refractivity contribution in [1.82, 2.24) is 0 Å².